The first-order valence-electron chi connectivity index (χ1n) is 6.71. The van der Waals surface area contributed by atoms with Crippen LogP contribution in [-0.2, 0) is 0 Å². The van der Waals surface area contributed by atoms with Gasteiger partial charge in [0.15, 0.2) is 0 Å². The van der Waals surface area contributed by atoms with Crippen LogP contribution in [0, 0.1) is 11.3 Å². The van der Waals surface area contributed by atoms with Crippen LogP contribution in [0.1, 0.15) is 54.4 Å². The third kappa shape index (κ3) is 6.15. The van der Waals surface area contributed by atoms with Crippen molar-refractivity contribution in [3.63, 3.8) is 0 Å². The lowest BCUT2D eigenvalue weighted by Crippen LogP contribution is -2.43. The molecule has 0 aromatic carbocycles. The van der Waals surface area contributed by atoms with Gasteiger partial charge in [-0.1, -0.05) is 41.5 Å². The predicted molar refractivity (Wildman–Crippen MR) is 78.4 cm³/mol. The number of hydrogen-bond donors (Lipinski definition) is 1. The maximum absolute atomic E-state index is 4.47. The van der Waals surface area contributed by atoms with E-state index in [-0.39, 0.29) is 0 Å². The first-order chi connectivity index (χ1) is 7.36. The first kappa shape index (κ1) is 16.3. The van der Waals surface area contributed by atoms with Gasteiger partial charge in [-0.05, 0) is 29.9 Å². The third-order valence-corrected chi connectivity index (χ3v) is 3.97. The second kappa shape index (κ2) is 7.60. The van der Waals surface area contributed by atoms with Crippen molar-refractivity contribution >= 4 is 12.6 Å². The Morgan fingerprint density at radius 3 is 1.94 bits per heavy atom. The summed E-state index contributed by atoms with van der Waals surface area (Å²) in [5.74, 6) is 1.71. The molecule has 0 spiro atoms. The molecule has 0 radical (unpaired) electrons. The van der Waals surface area contributed by atoms with E-state index in [1.54, 1.807) is 0 Å². The normalized spacial score (nSPS) is 13.1. The van der Waals surface area contributed by atoms with Gasteiger partial charge in [0, 0.05) is 19.1 Å². The second-order valence-corrected chi connectivity index (χ2v) is 6.43. The predicted octanol–water partition coefficient (Wildman–Crippen LogP) is 4.09. The van der Waals surface area contributed by atoms with Crippen molar-refractivity contribution in [3.05, 3.63) is 0 Å². The summed E-state index contributed by atoms with van der Waals surface area (Å²) in [6, 6.07) is 0.738. The molecule has 0 aliphatic carbocycles. The summed E-state index contributed by atoms with van der Waals surface area (Å²) in [6.45, 7) is 16.2. The van der Waals surface area contributed by atoms with Crippen molar-refractivity contribution in [1.82, 2.24) is 4.90 Å². The largest absolute Gasteiger partial charge is 0.300 e. The van der Waals surface area contributed by atoms with Crippen LogP contribution < -0.4 is 0 Å². The molecule has 2 heteroatoms. The minimum Gasteiger partial charge on any atom is -0.300 e. The Bertz CT molecular complexity index is 174. The van der Waals surface area contributed by atoms with Crippen LogP contribution in [0.15, 0.2) is 0 Å². The zero-order chi connectivity index (χ0) is 12.8. The smallest absolute Gasteiger partial charge is 0.00903 e. The zero-order valence-corrected chi connectivity index (χ0v) is 13.0. The van der Waals surface area contributed by atoms with Crippen molar-refractivity contribution < 1.29 is 0 Å². The van der Waals surface area contributed by atoms with Crippen LogP contribution >= 0.6 is 12.6 Å². The summed E-state index contributed by atoms with van der Waals surface area (Å²) < 4.78 is 0. The molecule has 0 heterocycles. The fourth-order valence-corrected chi connectivity index (χ4v) is 2.32. The molecule has 0 unspecified atom stereocenters. The average molecular weight is 245 g/mol. The van der Waals surface area contributed by atoms with E-state index in [1.807, 2.05) is 0 Å². The highest BCUT2D eigenvalue weighted by Gasteiger charge is 2.24. The summed E-state index contributed by atoms with van der Waals surface area (Å²) >= 11 is 4.47. The highest BCUT2D eigenvalue weighted by atomic mass is 32.1. The Labute approximate surface area is 108 Å². The van der Waals surface area contributed by atoms with Crippen molar-refractivity contribution in [3.8, 4) is 0 Å². The number of thiol groups is 1. The van der Waals surface area contributed by atoms with Gasteiger partial charge >= 0.3 is 0 Å². The van der Waals surface area contributed by atoms with Crippen molar-refractivity contribution in [1.29, 1.82) is 0 Å². The van der Waals surface area contributed by atoms with E-state index in [0.717, 1.165) is 17.7 Å². The second-order valence-electron chi connectivity index (χ2n) is 6.12. The van der Waals surface area contributed by atoms with Crippen molar-refractivity contribution in [2.45, 2.75) is 60.4 Å². The van der Waals surface area contributed by atoms with Gasteiger partial charge in [0.2, 0.25) is 0 Å². The van der Waals surface area contributed by atoms with Crippen LogP contribution in [0.4, 0.5) is 0 Å². The average Bonchev–Trinajstić information content (AvgIpc) is 2.18. The lowest BCUT2D eigenvalue weighted by Gasteiger charge is -2.37. The van der Waals surface area contributed by atoms with E-state index in [4.69, 9.17) is 0 Å². The molecule has 0 bridgehead atoms. The molecule has 0 aliphatic heterocycles. The van der Waals surface area contributed by atoms with Gasteiger partial charge in [-0.25, -0.2) is 0 Å². The highest BCUT2D eigenvalue weighted by Crippen LogP contribution is 2.22. The van der Waals surface area contributed by atoms with Gasteiger partial charge in [-0.2, -0.15) is 12.6 Å². The van der Waals surface area contributed by atoms with Crippen LogP contribution in [0.2, 0.25) is 0 Å². The Balaban J connectivity index is 4.53. The van der Waals surface area contributed by atoms with Gasteiger partial charge < -0.3 is 0 Å². The first-order valence-corrected chi connectivity index (χ1v) is 7.34. The van der Waals surface area contributed by atoms with Gasteiger partial charge in [0.1, 0.15) is 0 Å². The van der Waals surface area contributed by atoms with Crippen molar-refractivity contribution in [2.75, 3.05) is 18.8 Å². The molecular weight excluding hydrogens is 214 g/mol. The Hall–Kier alpha value is 0.310. The molecule has 98 valence electrons. The molecule has 16 heavy (non-hydrogen) atoms. The van der Waals surface area contributed by atoms with E-state index in [9.17, 15) is 0 Å². The van der Waals surface area contributed by atoms with E-state index < -0.39 is 0 Å². The summed E-state index contributed by atoms with van der Waals surface area (Å²) in [6.07, 6.45) is 2.51. The molecule has 0 aliphatic rings. The Kier molecular flexibility index (Phi) is 7.75. The molecule has 0 saturated carbocycles. The highest BCUT2D eigenvalue weighted by molar-refractivity contribution is 7.80. The maximum atomic E-state index is 4.47. The molecule has 0 saturated heterocycles. The quantitative estimate of drug-likeness (QED) is 0.630. The van der Waals surface area contributed by atoms with Crippen LogP contribution in [0.25, 0.3) is 0 Å². The van der Waals surface area contributed by atoms with Gasteiger partial charge in [0.05, 0.1) is 0 Å². The van der Waals surface area contributed by atoms with Crippen LogP contribution in [0.3, 0.4) is 0 Å². The fourth-order valence-electron chi connectivity index (χ4n) is 2.22. The van der Waals surface area contributed by atoms with E-state index in [1.165, 1.54) is 25.9 Å². The van der Waals surface area contributed by atoms with Crippen LogP contribution in [0.5, 0.6) is 0 Å². The van der Waals surface area contributed by atoms with E-state index in [2.05, 4.69) is 59.1 Å². The SMILES string of the molecule is CCC(CC)N(CC(C)C)CC(C)(C)CS. The van der Waals surface area contributed by atoms with Crippen LogP contribution in [-0.4, -0.2) is 29.8 Å². The minimum absolute atomic E-state index is 0.320. The molecule has 0 atom stereocenters. The standard InChI is InChI=1S/C14H31NS/c1-7-13(8-2)15(9-12(3)4)10-14(5,6)11-16/h12-13,16H,7-11H2,1-6H3. The van der Waals surface area contributed by atoms with E-state index >= 15 is 0 Å². The maximum Gasteiger partial charge on any atom is 0.00903 e. The molecule has 0 amide bonds. The number of nitrogens with zero attached hydrogens (tertiary/aromatic N) is 1. The molecule has 0 aromatic heterocycles. The lowest BCUT2D eigenvalue weighted by molar-refractivity contribution is 0.118. The van der Waals surface area contributed by atoms with Gasteiger partial charge in [-0.15, -0.1) is 0 Å². The summed E-state index contributed by atoms with van der Waals surface area (Å²) in [4.78, 5) is 2.67. The van der Waals surface area contributed by atoms with Gasteiger partial charge in [0.25, 0.3) is 0 Å². The minimum atomic E-state index is 0.320. The van der Waals surface area contributed by atoms with E-state index in [0.29, 0.717) is 5.41 Å². The molecule has 0 rings (SSSR count). The summed E-state index contributed by atoms with van der Waals surface area (Å²) in [7, 11) is 0. The Morgan fingerprint density at radius 2 is 1.62 bits per heavy atom. The third-order valence-electron chi connectivity index (χ3n) is 3.12. The lowest BCUT2D eigenvalue weighted by atomic mass is 9.93. The molecular formula is C14H31NS. The zero-order valence-electron chi connectivity index (χ0n) is 12.1. The van der Waals surface area contributed by atoms with Gasteiger partial charge in [-0.3, -0.25) is 4.90 Å². The molecule has 1 nitrogen and oxygen atoms in total. The van der Waals surface area contributed by atoms with Crippen molar-refractivity contribution in [2.24, 2.45) is 11.3 Å². The summed E-state index contributed by atoms with van der Waals surface area (Å²) in [5.41, 5.74) is 0.320. The number of rotatable bonds is 8. The molecule has 0 aromatic rings. The monoisotopic (exact) mass is 245 g/mol. The molecule has 0 fully saturated rings. The molecule has 0 N–H and O–H groups in total. The summed E-state index contributed by atoms with van der Waals surface area (Å²) in [5, 5.41) is 0. The Morgan fingerprint density at radius 1 is 1.12 bits per heavy atom. The topological polar surface area (TPSA) is 3.24 Å². The fraction of sp³-hybridized carbons (Fsp3) is 1.00. The number of hydrogen-bond acceptors (Lipinski definition) is 2.